The predicted molar refractivity (Wildman–Crippen MR) is 104 cm³/mol. The van der Waals surface area contributed by atoms with Crippen molar-refractivity contribution in [2.24, 2.45) is 7.05 Å². The molecule has 0 aliphatic heterocycles. The van der Waals surface area contributed by atoms with Crippen molar-refractivity contribution < 1.29 is 0 Å². The number of nitrogens with zero attached hydrogens (tertiary/aromatic N) is 2. The second-order valence-corrected chi connectivity index (χ2v) is 6.94. The van der Waals surface area contributed by atoms with Crippen LogP contribution < -0.4 is 0 Å². The molecular weight excluding hydrogens is 292 g/mol. The number of rotatable bonds is 1. The van der Waals surface area contributed by atoms with Gasteiger partial charge in [0.1, 0.15) is 0 Å². The Balaban J connectivity index is 2.08. The van der Waals surface area contributed by atoms with E-state index in [9.17, 15) is 0 Å². The lowest BCUT2D eigenvalue weighted by Gasteiger charge is -2.11. The SMILES string of the molecule is CC(C)n1c2ccccc2c2cc3c4ccccc4n(C)c3cc21. The van der Waals surface area contributed by atoms with Gasteiger partial charge in [0.2, 0.25) is 0 Å². The van der Waals surface area contributed by atoms with Crippen LogP contribution in [0.3, 0.4) is 0 Å². The molecule has 0 saturated heterocycles. The number of para-hydroxylation sites is 2. The van der Waals surface area contributed by atoms with Crippen molar-refractivity contribution >= 4 is 43.6 Å². The molecular formula is C22H20N2. The number of hydrogen-bond acceptors (Lipinski definition) is 0. The van der Waals surface area contributed by atoms with Crippen LogP contribution in [0, 0.1) is 0 Å². The van der Waals surface area contributed by atoms with Crippen LogP contribution in [0.1, 0.15) is 19.9 Å². The van der Waals surface area contributed by atoms with E-state index in [4.69, 9.17) is 0 Å². The third kappa shape index (κ3) is 1.60. The zero-order valence-electron chi connectivity index (χ0n) is 14.2. The van der Waals surface area contributed by atoms with Crippen molar-refractivity contribution in [2.75, 3.05) is 0 Å². The molecule has 0 bridgehead atoms. The Kier molecular flexibility index (Phi) is 2.64. The summed E-state index contributed by atoms with van der Waals surface area (Å²) in [6.45, 7) is 4.52. The fourth-order valence-electron chi connectivity index (χ4n) is 4.21. The lowest BCUT2D eigenvalue weighted by atomic mass is 10.1. The van der Waals surface area contributed by atoms with Gasteiger partial charge in [0, 0.05) is 45.7 Å². The first kappa shape index (κ1) is 13.7. The molecule has 0 aliphatic carbocycles. The maximum absolute atomic E-state index is 2.46. The zero-order chi connectivity index (χ0) is 16.4. The van der Waals surface area contributed by atoms with Crippen molar-refractivity contribution in [3.8, 4) is 0 Å². The fourth-order valence-corrected chi connectivity index (χ4v) is 4.21. The number of aromatic nitrogens is 2. The molecule has 0 amide bonds. The van der Waals surface area contributed by atoms with Crippen molar-refractivity contribution in [3.05, 3.63) is 60.7 Å². The molecule has 2 heteroatoms. The van der Waals surface area contributed by atoms with Gasteiger partial charge in [-0.1, -0.05) is 36.4 Å². The highest BCUT2D eigenvalue weighted by atomic mass is 15.0. The maximum Gasteiger partial charge on any atom is 0.0515 e. The normalized spacial score (nSPS) is 12.3. The molecule has 3 aromatic carbocycles. The lowest BCUT2D eigenvalue weighted by molar-refractivity contribution is 0.642. The summed E-state index contributed by atoms with van der Waals surface area (Å²) in [6.07, 6.45) is 0. The molecule has 5 rings (SSSR count). The summed E-state index contributed by atoms with van der Waals surface area (Å²) in [5.74, 6) is 0. The quantitative estimate of drug-likeness (QED) is 0.358. The summed E-state index contributed by atoms with van der Waals surface area (Å²) in [7, 11) is 2.17. The topological polar surface area (TPSA) is 9.86 Å². The molecule has 0 unspecified atom stereocenters. The number of aryl methyl sites for hydroxylation is 1. The molecule has 0 fully saturated rings. The van der Waals surface area contributed by atoms with E-state index in [0.29, 0.717) is 6.04 Å². The van der Waals surface area contributed by atoms with E-state index in [0.717, 1.165) is 0 Å². The average Bonchev–Trinajstić information content (AvgIpc) is 3.07. The molecule has 0 saturated carbocycles. The molecule has 2 aromatic heterocycles. The van der Waals surface area contributed by atoms with E-state index in [-0.39, 0.29) is 0 Å². The van der Waals surface area contributed by atoms with Gasteiger partial charge in [-0.15, -0.1) is 0 Å². The van der Waals surface area contributed by atoms with Gasteiger partial charge < -0.3 is 9.13 Å². The van der Waals surface area contributed by atoms with Gasteiger partial charge >= 0.3 is 0 Å². The van der Waals surface area contributed by atoms with E-state index < -0.39 is 0 Å². The highest BCUT2D eigenvalue weighted by molar-refractivity contribution is 6.18. The van der Waals surface area contributed by atoms with Crippen LogP contribution in [0.4, 0.5) is 0 Å². The first-order chi connectivity index (χ1) is 11.7. The Bertz CT molecular complexity index is 1240. The maximum atomic E-state index is 2.46. The van der Waals surface area contributed by atoms with Gasteiger partial charge in [0.15, 0.2) is 0 Å². The first-order valence-corrected chi connectivity index (χ1v) is 8.56. The van der Waals surface area contributed by atoms with Crippen LogP contribution >= 0.6 is 0 Å². The van der Waals surface area contributed by atoms with Crippen LogP contribution in [0.5, 0.6) is 0 Å². The summed E-state index contributed by atoms with van der Waals surface area (Å²) >= 11 is 0. The molecule has 0 N–H and O–H groups in total. The summed E-state index contributed by atoms with van der Waals surface area (Å²) in [5.41, 5.74) is 5.24. The van der Waals surface area contributed by atoms with Crippen molar-refractivity contribution in [1.82, 2.24) is 9.13 Å². The highest BCUT2D eigenvalue weighted by Gasteiger charge is 2.16. The van der Waals surface area contributed by atoms with Crippen LogP contribution in [0.2, 0.25) is 0 Å². The van der Waals surface area contributed by atoms with E-state index in [1.807, 2.05) is 0 Å². The van der Waals surface area contributed by atoms with E-state index in [2.05, 4.69) is 90.7 Å². The zero-order valence-corrected chi connectivity index (χ0v) is 14.2. The molecule has 2 heterocycles. The van der Waals surface area contributed by atoms with E-state index in [1.54, 1.807) is 0 Å². The van der Waals surface area contributed by atoms with Gasteiger partial charge in [0.05, 0.1) is 11.0 Å². The van der Waals surface area contributed by atoms with E-state index >= 15 is 0 Å². The van der Waals surface area contributed by atoms with Gasteiger partial charge in [-0.3, -0.25) is 0 Å². The monoisotopic (exact) mass is 312 g/mol. The van der Waals surface area contributed by atoms with Crippen LogP contribution in [-0.2, 0) is 7.05 Å². The second kappa shape index (κ2) is 4.64. The average molecular weight is 312 g/mol. The van der Waals surface area contributed by atoms with Gasteiger partial charge in [-0.05, 0) is 38.1 Å². The van der Waals surface area contributed by atoms with Crippen LogP contribution in [-0.4, -0.2) is 9.13 Å². The third-order valence-electron chi connectivity index (χ3n) is 5.26. The lowest BCUT2D eigenvalue weighted by Crippen LogP contribution is -1.99. The molecule has 0 aliphatic rings. The Labute approximate surface area is 140 Å². The van der Waals surface area contributed by atoms with Gasteiger partial charge in [-0.25, -0.2) is 0 Å². The number of benzene rings is 3. The highest BCUT2D eigenvalue weighted by Crippen LogP contribution is 2.37. The summed E-state index contributed by atoms with van der Waals surface area (Å²) in [5, 5.41) is 5.37. The molecule has 0 radical (unpaired) electrons. The Morgan fingerprint density at radius 2 is 1.21 bits per heavy atom. The first-order valence-electron chi connectivity index (χ1n) is 8.56. The summed E-state index contributed by atoms with van der Waals surface area (Å²) in [6, 6.07) is 22.6. The molecule has 24 heavy (non-hydrogen) atoms. The Morgan fingerprint density at radius 3 is 1.92 bits per heavy atom. The third-order valence-corrected chi connectivity index (χ3v) is 5.26. The predicted octanol–water partition coefficient (Wildman–Crippen LogP) is 6.02. The molecule has 0 spiro atoms. The standard InChI is InChI=1S/C22H20N2/c1-14(2)24-20-11-7-5-9-16(20)18-12-17-15-8-4-6-10-19(15)23(3)21(17)13-22(18)24/h4-14H,1-3H3. The molecule has 2 nitrogen and oxygen atoms in total. The largest absolute Gasteiger partial charge is 0.344 e. The minimum atomic E-state index is 0.430. The molecule has 5 aromatic rings. The fraction of sp³-hybridized carbons (Fsp3) is 0.182. The Hall–Kier alpha value is -2.74. The molecule has 0 atom stereocenters. The van der Waals surface area contributed by atoms with Crippen molar-refractivity contribution in [3.63, 3.8) is 0 Å². The van der Waals surface area contributed by atoms with Crippen molar-refractivity contribution in [2.45, 2.75) is 19.9 Å². The van der Waals surface area contributed by atoms with Gasteiger partial charge in [-0.2, -0.15) is 0 Å². The second-order valence-electron chi connectivity index (χ2n) is 6.94. The van der Waals surface area contributed by atoms with E-state index in [1.165, 1.54) is 43.6 Å². The van der Waals surface area contributed by atoms with Gasteiger partial charge in [0.25, 0.3) is 0 Å². The summed E-state index contributed by atoms with van der Waals surface area (Å²) < 4.78 is 4.77. The minimum absolute atomic E-state index is 0.430. The minimum Gasteiger partial charge on any atom is -0.344 e. The van der Waals surface area contributed by atoms with Crippen molar-refractivity contribution in [1.29, 1.82) is 0 Å². The number of fused-ring (bicyclic) bond motifs is 6. The van der Waals surface area contributed by atoms with Crippen LogP contribution in [0.15, 0.2) is 60.7 Å². The smallest absolute Gasteiger partial charge is 0.0515 e. The number of hydrogen-bond donors (Lipinski definition) is 0. The summed E-state index contributed by atoms with van der Waals surface area (Å²) in [4.78, 5) is 0. The Morgan fingerprint density at radius 1 is 0.625 bits per heavy atom. The molecule has 118 valence electrons. The van der Waals surface area contributed by atoms with Crippen LogP contribution in [0.25, 0.3) is 43.6 Å².